The van der Waals surface area contributed by atoms with E-state index < -0.39 is 29.4 Å². The number of aliphatic hydroxyl groups is 1. The highest BCUT2D eigenvalue weighted by Gasteiger charge is 2.68. The minimum Gasteiger partial charge on any atom is -0.458 e. The van der Waals surface area contributed by atoms with Crippen molar-refractivity contribution in [3.05, 3.63) is 11.6 Å². The summed E-state index contributed by atoms with van der Waals surface area (Å²) in [7, 11) is 0. The highest BCUT2D eigenvalue weighted by atomic mass is 16.5. The van der Waals surface area contributed by atoms with E-state index in [0.717, 1.165) is 37.7 Å². The zero-order valence-corrected chi connectivity index (χ0v) is 23.8. The Labute approximate surface area is 228 Å². The molecule has 3 fully saturated rings. The summed E-state index contributed by atoms with van der Waals surface area (Å²) in [6.45, 7) is 5.82. The van der Waals surface area contributed by atoms with Crippen molar-refractivity contribution in [3.63, 3.8) is 0 Å². The molecule has 6 unspecified atom stereocenters. The molecule has 0 aliphatic heterocycles. The fraction of sp³-hybridized carbons (Fsp3) is 0.812. The van der Waals surface area contributed by atoms with E-state index in [1.54, 1.807) is 6.08 Å². The molecular formula is C32H48O6. The number of hydrogen-bond acceptors (Lipinski definition) is 6. The molecule has 0 spiro atoms. The summed E-state index contributed by atoms with van der Waals surface area (Å²) >= 11 is 0. The summed E-state index contributed by atoms with van der Waals surface area (Å²) in [5.41, 5.74) is -1.70. The number of rotatable bonds is 12. The Hall–Kier alpha value is -1.82. The minimum atomic E-state index is -1.66. The van der Waals surface area contributed by atoms with Crippen LogP contribution in [0.1, 0.15) is 124 Å². The molecule has 0 amide bonds. The molecule has 0 saturated heterocycles. The topological polar surface area (TPSA) is 97.7 Å². The second kappa shape index (κ2) is 11.7. The number of fused-ring (bicyclic) bond motifs is 5. The molecule has 3 saturated carbocycles. The molecule has 6 nitrogen and oxygen atoms in total. The van der Waals surface area contributed by atoms with Crippen LogP contribution in [-0.4, -0.2) is 40.6 Å². The number of ether oxygens (including phenoxy) is 1. The fourth-order valence-electron chi connectivity index (χ4n) is 8.59. The van der Waals surface area contributed by atoms with E-state index in [9.17, 15) is 24.3 Å². The van der Waals surface area contributed by atoms with Crippen LogP contribution >= 0.6 is 0 Å². The van der Waals surface area contributed by atoms with E-state index >= 15 is 0 Å². The lowest BCUT2D eigenvalue weighted by atomic mass is 9.46. The van der Waals surface area contributed by atoms with E-state index in [1.807, 2.05) is 6.92 Å². The van der Waals surface area contributed by atoms with Gasteiger partial charge in [-0.25, -0.2) is 0 Å². The van der Waals surface area contributed by atoms with Gasteiger partial charge in [-0.15, -0.1) is 0 Å². The van der Waals surface area contributed by atoms with Gasteiger partial charge in [-0.05, 0) is 61.9 Å². The zero-order chi connectivity index (χ0) is 27.6. The standard InChI is InChI=1S/C32H48O6/c1-4-5-6-7-8-9-10-11-12-28(36)38-21-27(35)32(37)18-16-25-24-14-13-22-19-23(33)15-17-30(22,2)29(24)26(34)20-31(25,32)3/h19,24-25,29,37H,4-18,20-21H2,1-3H3. The number of ketones is 3. The summed E-state index contributed by atoms with van der Waals surface area (Å²) in [5.74, 6) is -0.595. The highest BCUT2D eigenvalue weighted by Crippen LogP contribution is 2.66. The quantitative estimate of drug-likeness (QED) is 0.244. The van der Waals surface area contributed by atoms with Crippen molar-refractivity contribution in [3.8, 4) is 0 Å². The third-order valence-electron chi connectivity index (χ3n) is 10.9. The van der Waals surface area contributed by atoms with Gasteiger partial charge in [0.05, 0.1) is 0 Å². The van der Waals surface area contributed by atoms with Crippen LogP contribution in [-0.2, 0) is 23.9 Å². The number of carbonyl (C=O) groups excluding carboxylic acids is 4. The van der Waals surface area contributed by atoms with Gasteiger partial charge in [0.15, 0.2) is 12.4 Å². The fourth-order valence-corrected chi connectivity index (χ4v) is 8.59. The Balaban J connectivity index is 1.33. The first-order chi connectivity index (χ1) is 18.1. The van der Waals surface area contributed by atoms with Crippen molar-refractivity contribution in [2.45, 2.75) is 129 Å². The molecule has 212 valence electrons. The van der Waals surface area contributed by atoms with Crippen LogP contribution < -0.4 is 0 Å². The third-order valence-corrected chi connectivity index (χ3v) is 10.9. The smallest absolute Gasteiger partial charge is 0.306 e. The Morgan fingerprint density at radius 1 is 0.974 bits per heavy atom. The predicted octanol–water partition coefficient (Wildman–Crippen LogP) is 6.07. The molecule has 4 aliphatic carbocycles. The van der Waals surface area contributed by atoms with Gasteiger partial charge in [0.1, 0.15) is 11.4 Å². The summed E-state index contributed by atoms with van der Waals surface area (Å²) < 4.78 is 5.32. The lowest BCUT2D eigenvalue weighted by Crippen LogP contribution is -2.61. The van der Waals surface area contributed by atoms with E-state index in [2.05, 4.69) is 13.8 Å². The molecule has 4 rings (SSSR count). The Kier molecular flexibility index (Phi) is 9.01. The van der Waals surface area contributed by atoms with Crippen molar-refractivity contribution in [1.29, 1.82) is 0 Å². The molecule has 1 N–H and O–H groups in total. The number of allylic oxidation sites excluding steroid dienone is 1. The lowest BCUT2D eigenvalue weighted by Gasteiger charge is -2.57. The molecule has 6 heteroatoms. The van der Waals surface area contributed by atoms with Crippen LogP contribution in [0.15, 0.2) is 11.6 Å². The summed E-state index contributed by atoms with van der Waals surface area (Å²) in [6, 6.07) is 0. The maximum atomic E-state index is 13.7. The number of unbranched alkanes of at least 4 members (excludes halogenated alkanes) is 7. The maximum Gasteiger partial charge on any atom is 0.306 e. The second-order valence-corrected chi connectivity index (χ2v) is 13.1. The maximum absolute atomic E-state index is 13.7. The zero-order valence-electron chi connectivity index (χ0n) is 23.8. The van der Waals surface area contributed by atoms with Crippen molar-refractivity contribution < 1.29 is 29.0 Å². The molecule has 0 heterocycles. The first-order valence-corrected chi connectivity index (χ1v) is 15.2. The largest absolute Gasteiger partial charge is 0.458 e. The molecule has 38 heavy (non-hydrogen) atoms. The Morgan fingerprint density at radius 2 is 1.66 bits per heavy atom. The van der Waals surface area contributed by atoms with Gasteiger partial charge in [0, 0.05) is 30.6 Å². The highest BCUT2D eigenvalue weighted by molar-refractivity contribution is 5.95. The number of carbonyl (C=O) groups is 4. The van der Waals surface area contributed by atoms with Crippen LogP contribution in [0.5, 0.6) is 0 Å². The van der Waals surface area contributed by atoms with E-state index in [0.29, 0.717) is 32.1 Å². The van der Waals surface area contributed by atoms with Crippen molar-refractivity contribution in [1.82, 2.24) is 0 Å². The predicted molar refractivity (Wildman–Crippen MR) is 145 cm³/mol. The average Bonchev–Trinajstić information content (AvgIpc) is 3.15. The molecule has 0 aromatic rings. The van der Waals surface area contributed by atoms with Gasteiger partial charge in [-0.3, -0.25) is 19.2 Å². The molecule has 4 aliphatic rings. The van der Waals surface area contributed by atoms with Crippen LogP contribution in [0.4, 0.5) is 0 Å². The van der Waals surface area contributed by atoms with Crippen molar-refractivity contribution in [2.75, 3.05) is 6.61 Å². The van der Waals surface area contributed by atoms with E-state index in [-0.39, 0.29) is 41.2 Å². The van der Waals surface area contributed by atoms with Crippen LogP contribution in [0, 0.1) is 28.6 Å². The monoisotopic (exact) mass is 528 g/mol. The van der Waals surface area contributed by atoms with Gasteiger partial charge in [-0.2, -0.15) is 0 Å². The van der Waals surface area contributed by atoms with Crippen LogP contribution in [0.3, 0.4) is 0 Å². The van der Waals surface area contributed by atoms with Gasteiger partial charge < -0.3 is 9.84 Å². The third kappa shape index (κ3) is 5.31. The second-order valence-electron chi connectivity index (χ2n) is 13.1. The van der Waals surface area contributed by atoms with Gasteiger partial charge in [0.2, 0.25) is 5.78 Å². The van der Waals surface area contributed by atoms with Gasteiger partial charge >= 0.3 is 5.97 Å². The van der Waals surface area contributed by atoms with E-state index in [4.69, 9.17) is 4.74 Å². The average molecular weight is 529 g/mol. The van der Waals surface area contributed by atoms with Crippen molar-refractivity contribution >= 4 is 23.3 Å². The van der Waals surface area contributed by atoms with Crippen LogP contribution in [0.2, 0.25) is 0 Å². The first kappa shape index (κ1) is 29.2. The minimum absolute atomic E-state index is 0.0585. The lowest BCUT2D eigenvalue weighted by molar-refractivity contribution is -0.173. The molecule has 0 radical (unpaired) electrons. The Bertz CT molecular complexity index is 967. The number of esters is 1. The first-order valence-electron chi connectivity index (χ1n) is 15.2. The molecule has 0 bridgehead atoms. The molecule has 0 aromatic heterocycles. The normalized spacial score (nSPS) is 36.2. The summed E-state index contributed by atoms with van der Waals surface area (Å²) in [6.07, 6.45) is 15.1. The number of Topliss-reactive ketones (excluding diaryl/α,β-unsaturated/α-hetero) is 2. The van der Waals surface area contributed by atoms with Crippen molar-refractivity contribution in [2.24, 2.45) is 28.6 Å². The molecule has 0 aromatic carbocycles. The van der Waals surface area contributed by atoms with Crippen LogP contribution in [0.25, 0.3) is 0 Å². The van der Waals surface area contributed by atoms with E-state index in [1.165, 1.54) is 32.1 Å². The van der Waals surface area contributed by atoms with Gasteiger partial charge in [-0.1, -0.05) is 71.3 Å². The number of hydrogen-bond donors (Lipinski definition) is 1. The SMILES string of the molecule is CCCCCCCCCCC(=O)OCC(=O)C1(O)CCC2C3CCC4=CC(=O)CCC4(C)C3C(=O)CC21C. The molecular weight excluding hydrogens is 480 g/mol. The summed E-state index contributed by atoms with van der Waals surface area (Å²) in [4.78, 5) is 51.4. The summed E-state index contributed by atoms with van der Waals surface area (Å²) in [5, 5.41) is 11.8. The Morgan fingerprint density at radius 3 is 2.37 bits per heavy atom. The molecule has 6 atom stereocenters. The van der Waals surface area contributed by atoms with Gasteiger partial charge in [0.25, 0.3) is 0 Å².